The van der Waals surface area contributed by atoms with E-state index in [0.29, 0.717) is 17.3 Å². The van der Waals surface area contributed by atoms with Gasteiger partial charge in [-0.3, -0.25) is 4.79 Å². The Balaban J connectivity index is 1.22. The zero-order valence-electron chi connectivity index (χ0n) is 20.7. The van der Waals surface area contributed by atoms with Gasteiger partial charge in [0.2, 0.25) is 0 Å². The highest BCUT2D eigenvalue weighted by atomic mass is 19.3. The monoisotopic (exact) mass is 505 g/mol. The molecule has 196 valence electrons. The van der Waals surface area contributed by atoms with Gasteiger partial charge in [-0.2, -0.15) is 0 Å². The van der Waals surface area contributed by atoms with E-state index in [0.717, 1.165) is 61.3 Å². The molecule has 6 fully saturated rings. The second kappa shape index (κ2) is 8.38. The maximum absolute atomic E-state index is 15.2. The average Bonchev–Trinajstić information content (AvgIpc) is 3.45. The van der Waals surface area contributed by atoms with Crippen molar-refractivity contribution in [2.45, 2.75) is 82.6 Å². The van der Waals surface area contributed by atoms with E-state index in [2.05, 4.69) is 6.92 Å². The fraction of sp³-hybridized carbons (Fsp3) is 0.714. The number of aliphatic carboxylic acids is 1. The van der Waals surface area contributed by atoms with Crippen LogP contribution in [0.4, 0.5) is 13.2 Å². The number of rotatable bonds is 6. The summed E-state index contributed by atoms with van der Waals surface area (Å²) < 4.78 is 49.4. The van der Waals surface area contributed by atoms with Crippen LogP contribution in [0.25, 0.3) is 0 Å². The highest BCUT2D eigenvalue weighted by molar-refractivity contribution is 5.97. The fourth-order valence-electron chi connectivity index (χ4n) is 7.90. The Kier molecular flexibility index (Phi) is 5.61. The van der Waals surface area contributed by atoms with Crippen LogP contribution in [0.3, 0.4) is 0 Å². The van der Waals surface area contributed by atoms with E-state index in [4.69, 9.17) is 4.74 Å². The number of carboxylic acids is 1. The van der Waals surface area contributed by atoms with Gasteiger partial charge < -0.3 is 14.7 Å². The molecule has 1 heterocycles. The minimum Gasteiger partial charge on any atom is -0.493 e. The van der Waals surface area contributed by atoms with Crippen molar-refractivity contribution in [1.82, 2.24) is 4.90 Å². The number of nitrogens with zero attached hydrogens (tertiary/aromatic N) is 1. The highest BCUT2D eigenvalue weighted by Crippen LogP contribution is 2.59. The van der Waals surface area contributed by atoms with Gasteiger partial charge in [-0.1, -0.05) is 6.92 Å². The summed E-state index contributed by atoms with van der Waals surface area (Å²) in [6.45, 7) is 1.89. The number of likely N-dealkylation sites (tertiary alicyclic amines) is 1. The van der Waals surface area contributed by atoms with Gasteiger partial charge >= 0.3 is 5.97 Å². The lowest BCUT2D eigenvalue weighted by molar-refractivity contribution is -0.141. The number of carbonyl (C=O) groups is 2. The van der Waals surface area contributed by atoms with Crippen molar-refractivity contribution in [3.8, 4) is 5.75 Å². The maximum atomic E-state index is 15.2. The van der Waals surface area contributed by atoms with Crippen LogP contribution in [0.1, 0.15) is 86.6 Å². The molecule has 1 aromatic carbocycles. The van der Waals surface area contributed by atoms with Gasteiger partial charge in [0.05, 0.1) is 18.7 Å². The summed E-state index contributed by atoms with van der Waals surface area (Å²) in [5.74, 6) is -2.97. The number of benzene rings is 1. The van der Waals surface area contributed by atoms with Crippen LogP contribution in [-0.4, -0.2) is 47.0 Å². The quantitative estimate of drug-likeness (QED) is 0.525. The first-order valence-corrected chi connectivity index (χ1v) is 13.4. The van der Waals surface area contributed by atoms with Crippen molar-refractivity contribution < 1.29 is 32.6 Å². The third kappa shape index (κ3) is 4.28. The van der Waals surface area contributed by atoms with Crippen LogP contribution >= 0.6 is 0 Å². The van der Waals surface area contributed by atoms with Crippen molar-refractivity contribution in [2.24, 2.45) is 29.1 Å². The largest absolute Gasteiger partial charge is 0.493 e. The average molecular weight is 506 g/mol. The van der Waals surface area contributed by atoms with Gasteiger partial charge in [0.1, 0.15) is 17.6 Å². The van der Waals surface area contributed by atoms with Crippen LogP contribution in [0.5, 0.6) is 5.75 Å². The molecule has 0 aromatic heterocycles. The third-order valence-corrected chi connectivity index (χ3v) is 9.64. The second-order valence-corrected chi connectivity index (χ2v) is 12.6. The van der Waals surface area contributed by atoms with Gasteiger partial charge in [0, 0.05) is 17.9 Å². The molecule has 5 saturated carbocycles. The molecule has 1 aliphatic heterocycles. The van der Waals surface area contributed by atoms with Crippen molar-refractivity contribution in [1.29, 1.82) is 0 Å². The van der Waals surface area contributed by atoms with Crippen LogP contribution in [-0.2, 0) is 4.79 Å². The molecule has 4 bridgehead atoms. The Morgan fingerprint density at radius 2 is 1.78 bits per heavy atom. The van der Waals surface area contributed by atoms with Gasteiger partial charge in [0.15, 0.2) is 0 Å². The van der Waals surface area contributed by atoms with E-state index in [1.54, 1.807) is 0 Å². The number of ether oxygens (including phenoxy) is 1. The van der Waals surface area contributed by atoms with E-state index >= 15 is 4.39 Å². The van der Waals surface area contributed by atoms with Crippen LogP contribution in [0.15, 0.2) is 12.1 Å². The van der Waals surface area contributed by atoms with E-state index < -0.39 is 42.6 Å². The normalized spacial score (nSPS) is 36.7. The molecule has 0 spiro atoms. The van der Waals surface area contributed by atoms with E-state index in [-0.39, 0.29) is 16.9 Å². The highest BCUT2D eigenvalue weighted by Gasteiger charge is 2.52. The lowest BCUT2D eigenvalue weighted by Crippen LogP contribution is -2.45. The van der Waals surface area contributed by atoms with Crippen molar-refractivity contribution in [2.75, 3.05) is 13.2 Å². The number of hydrogen-bond acceptors (Lipinski definition) is 3. The molecule has 6 aliphatic rings. The first-order chi connectivity index (χ1) is 17.0. The van der Waals surface area contributed by atoms with E-state index in [1.165, 1.54) is 31.4 Å². The Hall–Kier alpha value is -2.25. The number of halogens is 3. The molecule has 0 radical (unpaired) electrons. The molecule has 1 amide bonds. The Morgan fingerprint density at radius 1 is 1.08 bits per heavy atom. The molecule has 4 atom stereocenters. The molecule has 5 aliphatic carbocycles. The van der Waals surface area contributed by atoms with Crippen molar-refractivity contribution in [3.63, 3.8) is 0 Å². The number of amides is 1. The number of carbonyl (C=O) groups excluding carboxylic acids is 1. The molecule has 5 nitrogen and oxygen atoms in total. The second-order valence-electron chi connectivity index (χ2n) is 12.6. The lowest BCUT2D eigenvalue weighted by Gasteiger charge is -2.51. The summed E-state index contributed by atoms with van der Waals surface area (Å²) >= 11 is 0. The molecular weight excluding hydrogens is 471 g/mol. The van der Waals surface area contributed by atoms with E-state index in [9.17, 15) is 23.5 Å². The number of alkyl halides is 2. The van der Waals surface area contributed by atoms with Gasteiger partial charge in [-0.25, -0.2) is 18.0 Å². The summed E-state index contributed by atoms with van der Waals surface area (Å²) in [5, 5.41) is 9.35. The van der Waals surface area contributed by atoms with Crippen LogP contribution in [0, 0.1) is 34.9 Å². The Morgan fingerprint density at radius 3 is 2.47 bits per heavy atom. The van der Waals surface area contributed by atoms with Gasteiger partial charge in [-0.05, 0) is 92.6 Å². The third-order valence-electron chi connectivity index (χ3n) is 9.64. The molecule has 1 saturated heterocycles. The summed E-state index contributed by atoms with van der Waals surface area (Å²) in [4.78, 5) is 25.2. The predicted molar refractivity (Wildman–Crippen MR) is 126 cm³/mol. The maximum Gasteiger partial charge on any atom is 0.326 e. The summed E-state index contributed by atoms with van der Waals surface area (Å²) in [6, 6.07) is 0.965. The molecule has 36 heavy (non-hydrogen) atoms. The zero-order valence-corrected chi connectivity index (χ0v) is 20.7. The first kappa shape index (κ1) is 24.1. The van der Waals surface area contributed by atoms with Crippen LogP contribution < -0.4 is 4.74 Å². The minimum absolute atomic E-state index is 0.131. The molecular formula is C28H34F3NO4. The van der Waals surface area contributed by atoms with Crippen LogP contribution in [0.2, 0.25) is 0 Å². The summed E-state index contributed by atoms with van der Waals surface area (Å²) in [5.41, 5.74) is 0.503. The number of carboxylic acid groups (broad SMARTS) is 1. The SMILES string of the molecule is CC1CC2CC1CC1CC(COc3cc(F)c(C(=O)N4CC(F)(F)C[C@H]4C(=O)O)cc3C3CC3)(C2)C1. The van der Waals surface area contributed by atoms with Crippen molar-refractivity contribution in [3.05, 3.63) is 29.1 Å². The first-order valence-electron chi connectivity index (χ1n) is 13.4. The zero-order chi connectivity index (χ0) is 25.4. The Bertz CT molecular complexity index is 1080. The lowest BCUT2D eigenvalue weighted by atomic mass is 9.55. The summed E-state index contributed by atoms with van der Waals surface area (Å²) in [7, 11) is 0. The molecule has 3 unspecified atom stereocenters. The smallest absolute Gasteiger partial charge is 0.326 e. The van der Waals surface area contributed by atoms with Gasteiger partial charge in [0.25, 0.3) is 11.8 Å². The topological polar surface area (TPSA) is 66.8 Å². The molecule has 1 aromatic rings. The summed E-state index contributed by atoms with van der Waals surface area (Å²) in [6.07, 6.45) is 8.20. The molecule has 8 heteroatoms. The standard InChI is InChI=1S/C28H34F3NO4/c1-15-4-16-5-19(15)6-17-10-27(9-16,11-17)14-36-24-8-22(29)21(7-20(24)18-2-3-18)25(33)32-13-28(30,31)12-23(32)26(34)35/h7-8,15-19,23H,2-6,9-14H2,1H3,(H,34,35)/t15?,16?,17?,19?,23-,27?/m0/s1. The van der Waals surface area contributed by atoms with Crippen molar-refractivity contribution >= 4 is 11.9 Å². The molecule has 1 N–H and O–H groups in total. The predicted octanol–water partition coefficient (Wildman–Crippen LogP) is 5.87. The fourth-order valence-corrected chi connectivity index (χ4v) is 7.90. The van der Waals surface area contributed by atoms with Gasteiger partial charge in [-0.15, -0.1) is 0 Å². The van der Waals surface area contributed by atoms with E-state index in [1.807, 2.05) is 0 Å². The minimum atomic E-state index is -3.31. The molecule has 7 rings (SSSR count). The Labute approximate surface area is 209 Å². The number of hydrogen-bond donors (Lipinski definition) is 1.